The summed E-state index contributed by atoms with van der Waals surface area (Å²) in [4.78, 5) is 22.0. The molecule has 0 aromatic rings. The Kier molecular flexibility index (Phi) is 30.4. The van der Waals surface area contributed by atoms with Crippen molar-refractivity contribution in [2.45, 2.75) is 191 Å². The third kappa shape index (κ3) is 23.7. The number of aliphatic carboxylic acids is 2. The number of hydrogen-bond donors (Lipinski definition) is 9. The Balaban J connectivity index is 0. The van der Waals surface area contributed by atoms with Gasteiger partial charge in [0, 0.05) is 0 Å². The lowest BCUT2D eigenvalue weighted by Gasteiger charge is -2.40. The van der Waals surface area contributed by atoms with Crippen LogP contribution in [0, 0.1) is 0 Å². The molecule has 0 aromatic carbocycles. The second-order valence-corrected chi connectivity index (χ2v) is 15.2. The van der Waals surface area contributed by atoms with Crippen LogP contribution >= 0.6 is 0 Å². The van der Waals surface area contributed by atoms with E-state index in [4.69, 9.17) is 34.3 Å². The number of likely N-dealkylation sites (N-methyl/N-ethyl adjacent to an activating group) is 1. The van der Waals surface area contributed by atoms with Crippen molar-refractivity contribution in [3.63, 3.8) is 0 Å². The number of rotatable bonds is 22. The van der Waals surface area contributed by atoms with Gasteiger partial charge in [-0.15, -0.1) is 0 Å². The smallest absolute Gasteiger partial charge is 0.305 e. The minimum absolute atomic E-state index is 0. The third-order valence-electron chi connectivity index (χ3n) is 9.10. The number of unbranched alkanes of at least 4 members (excludes halogenated alkanes) is 8. The first-order valence-electron chi connectivity index (χ1n) is 19.3. The summed E-state index contributed by atoms with van der Waals surface area (Å²) in [5.74, 6) is -1.97. The van der Waals surface area contributed by atoms with Crippen LogP contribution in [0.1, 0.15) is 118 Å². The average molecular weight is 808 g/mol. The van der Waals surface area contributed by atoms with Gasteiger partial charge in [-0.3, -0.25) is 9.59 Å². The van der Waals surface area contributed by atoms with Crippen LogP contribution in [0.4, 0.5) is 0 Å². The van der Waals surface area contributed by atoms with Gasteiger partial charge in [-0.1, -0.05) is 78.1 Å². The molecule has 0 radical (unpaired) electrons. The number of aliphatic hydroxyl groups is 7. The van der Waals surface area contributed by atoms with Crippen LogP contribution in [0.2, 0.25) is 0 Å². The number of halogens is 1. The van der Waals surface area contributed by atoms with E-state index in [1.165, 1.54) is 0 Å². The Morgan fingerprint density at radius 1 is 0.593 bits per heavy atom. The summed E-state index contributed by atoms with van der Waals surface area (Å²) in [7, 11) is 6.16. The molecule has 324 valence electrons. The average Bonchev–Trinajstić information content (AvgIpc) is 3.06. The first-order valence-corrected chi connectivity index (χ1v) is 19.3. The van der Waals surface area contributed by atoms with E-state index >= 15 is 0 Å². The lowest BCUT2D eigenvalue weighted by Crippen LogP contribution is -3.00. The van der Waals surface area contributed by atoms with E-state index in [1.54, 1.807) is 13.8 Å². The predicted molar refractivity (Wildman–Crippen MR) is 196 cm³/mol. The molecule has 12 atom stereocenters. The van der Waals surface area contributed by atoms with Crippen molar-refractivity contribution in [3.05, 3.63) is 0 Å². The minimum atomic E-state index is -1.41. The fourth-order valence-corrected chi connectivity index (χ4v) is 5.71. The fraction of sp³-hybridized carbons (Fsp3) is 0.946. The number of ether oxygens (including phenoxy) is 4. The molecule has 2 aliphatic heterocycles. The predicted octanol–water partition coefficient (Wildman–Crippen LogP) is -1.24. The van der Waals surface area contributed by atoms with Gasteiger partial charge >= 0.3 is 11.9 Å². The molecule has 17 heteroatoms. The summed E-state index contributed by atoms with van der Waals surface area (Å²) >= 11 is 0. The van der Waals surface area contributed by atoms with Gasteiger partial charge in [0.2, 0.25) is 0 Å². The van der Waals surface area contributed by atoms with E-state index in [2.05, 4.69) is 35.0 Å². The number of aliphatic hydroxyl groups excluding tert-OH is 7. The second kappa shape index (κ2) is 29.9. The summed E-state index contributed by atoms with van der Waals surface area (Å²) in [5.41, 5.74) is 0. The number of hydrogen-bond acceptors (Lipinski definition) is 13. The Morgan fingerprint density at radius 3 is 1.19 bits per heavy atom. The lowest BCUT2D eigenvalue weighted by molar-refractivity contribution is -0.870. The van der Waals surface area contributed by atoms with Crippen molar-refractivity contribution < 1.29 is 91.4 Å². The van der Waals surface area contributed by atoms with Crippen LogP contribution in [-0.2, 0) is 28.5 Å². The maximum atomic E-state index is 11.0. The van der Waals surface area contributed by atoms with E-state index in [1.807, 2.05) is 0 Å². The van der Waals surface area contributed by atoms with E-state index in [9.17, 15) is 40.2 Å². The fourth-order valence-electron chi connectivity index (χ4n) is 5.71. The summed E-state index contributed by atoms with van der Waals surface area (Å²) in [6.45, 7) is 8.49. The summed E-state index contributed by atoms with van der Waals surface area (Å²) in [5, 5.41) is 85.1. The van der Waals surface area contributed by atoms with Gasteiger partial charge < -0.3 is 81.8 Å². The molecule has 0 amide bonds. The van der Waals surface area contributed by atoms with E-state index in [-0.39, 0.29) is 31.9 Å². The molecule has 2 aliphatic rings. The van der Waals surface area contributed by atoms with Crippen molar-refractivity contribution in [1.82, 2.24) is 0 Å². The van der Waals surface area contributed by atoms with Gasteiger partial charge in [0.1, 0.15) is 43.2 Å². The van der Waals surface area contributed by atoms with Crippen molar-refractivity contribution >= 4 is 11.9 Å². The third-order valence-corrected chi connectivity index (χ3v) is 9.10. The largest absolute Gasteiger partial charge is 1.00 e. The van der Waals surface area contributed by atoms with E-state index in [0.29, 0.717) is 12.8 Å². The molecule has 2 saturated heterocycles. The van der Waals surface area contributed by atoms with E-state index < -0.39 is 85.6 Å². The van der Waals surface area contributed by atoms with Crippen LogP contribution < -0.4 is 12.4 Å². The zero-order chi connectivity index (χ0) is 40.7. The molecule has 0 aliphatic carbocycles. The molecule has 16 nitrogen and oxygen atoms in total. The topological polar surface area (TPSA) is 253 Å². The normalized spacial score (nSPS) is 29.4. The SMILES string of the molecule is CCCCCCCC(CC(=O)O)OC1OC(C)C(O)C(O)C1O.CCCCCCCC(CC(=O)O)OC1OC(C)C(O)C(O)C1O.C[N+](C)(C)CCO.[Cl-]. The first kappa shape index (κ1) is 54.8. The monoisotopic (exact) mass is 807 g/mol. The molecular weight excluding hydrogens is 734 g/mol. The van der Waals surface area contributed by atoms with Crippen LogP contribution in [0.5, 0.6) is 0 Å². The number of carboxylic acid groups (broad SMARTS) is 2. The summed E-state index contributed by atoms with van der Waals surface area (Å²) in [6, 6.07) is 0. The molecule has 0 bridgehead atoms. The van der Waals surface area contributed by atoms with Crippen LogP contribution in [-0.4, -0.2) is 170 Å². The van der Waals surface area contributed by atoms with Gasteiger partial charge in [0.05, 0.1) is 65.0 Å². The highest BCUT2D eigenvalue weighted by Gasteiger charge is 2.44. The zero-order valence-corrected chi connectivity index (χ0v) is 34.3. The van der Waals surface area contributed by atoms with Gasteiger partial charge in [0.25, 0.3) is 0 Å². The Bertz CT molecular complexity index is 895. The molecule has 0 spiro atoms. The maximum Gasteiger partial charge on any atom is 0.305 e. The highest BCUT2D eigenvalue weighted by atomic mass is 35.5. The molecule has 2 heterocycles. The highest BCUT2D eigenvalue weighted by Crippen LogP contribution is 2.26. The van der Waals surface area contributed by atoms with Crippen LogP contribution in [0.25, 0.3) is 0 Å². The summed E-state index contributed by atoms with van der Waals surface area (Å²) < 4.78 is 22.7. The van der Waals surface area contributed by atoms with Crippen molar-refractivity contribution in [1.29, 1.82) is 0 Å². The molecular formula is C37H74ClNO15. The lowest BCUT2D eigenvalue weighted by atomic mass is 9.99. The molecule has 54 heavy (non-hydrogen) atoms. The molecule has 0 aromatic heterocycles. The van der Waals surface area contributed by atoms with Crippen molar-refractivity contribution in [2.75, 3.05) is 34.3 Å². The number of quaternary nitrogens is 1. The molecule has 0 saturated carbocycles. The number of carbonyl (C=O) groups is 2. The molecule has 2 fully saturated rings. The quantitative estimate of drug-likeness (QED) is 0.0458. The number of carboxylic acids is 2. The summed E-state index contributed by atoms with van der Waals surface area (Å²) in [6.07, 6.45) is -1.66. The van der Waals surface area contributed by atoms with Gasteiger partial charge in [-0.2, -0.15) is 0 Å². The highest BCUT2D eigenvalue weighted by molar-refractivity contribution is 5.67. The van der Waals surface area contributed by atoms with Crippen molar-refractivity contribution in [2.24, 2.45) is 0 Å². The zero-order valence-electron chi connectivity index (χ0n) is 33.5. The maximum absolute atomic E-state index is 11.0. The van der Waals surface area contributed by atoms with Crippen molar-refractivity contribution in [3.8, 4) is 0 Å². The first-order chi connectivity index (χ1) is 24.8. The van der Waals surface area contributed by atoms with E-state index in [0.717, 1.165) is 75.2 Å². The Labute approximate surface area is 328 Å². The van der Waals surface area contributed by atoms with Crippen LogP contribution in [0.3, 0.4) is 0 Å². The second-order valence-electron chi connectivity index (χ2n) is 15.2. The van der Waals surface area contributed by atoms with Gasteiger partial charge in [0.15, 0.2) is 12.6 Å². The van der Waals surface area contributed by atoms with Crippen LogP contribution in [0.15, 0.2) is 0 Å². The number of nitrogens with zero attached hydrogens (tertiary/aromatic N) is 1. The molecule has 9 N–H and O–H groups in total. The standard InChI is InChI=1S/2C16H30O7.C5H14NO.ClH/c2*1-3-4-5-6-7-8-11(9-12(17)18)23-16-15(21)14(20)13(19)10(2)22-16;1-6(2,3)4-5-7;/h2*10-11,13-16,19-21H,3-9H2,1-2H3,(H,17,18);7H,4-5H2,1-3H3;1H/q;;+1;/p-1. The van der Waals surface area contributed by atoms with Gasteiger partial charge in [-0.05, 0) is 26.7 Å². The minimum Gasteiger partial charge on any atom is -1.00 e. The molecule has 2 rings (SSSR count). The Hall–Kier alpha value is -1.25. The molecule has 12 unspecified atom stereocenters. The van der Waals surface area contributed by atoms with Gasteiger partial charge in [-0.25, -0.2) is 0 Å². The Morgan fingerprint density at radius 2 is 0.926 bits per heavy atom.